The smallest absolute Gasteiger partial charge is 0.336 e. The van der Waals surface area contributed by atoms with Crippen molar-refractivity contribution in [3.05, 3.63) is 173 Å². The molecule has 20 heteroatoms. The van der Waals surface area contributed by atoms with Gasteiger partial charge in [0.15, 0.2) is 23.0 Å². The second-order valence-electron chi connectivity index (χ2n) is 21.2. The van der Waals surface area contributed by atoms with Crippen molar-refractivity contribution in [1.29, 1.82) is 0 Å². The van der Waals surface area contributed by atoms with E-state index in [1.54, 1.807) is 6.07 Å². The largest absolute Gasteiger partial charge is 0.478 e. The number of aryl methyl sites for hydroxylation is 4. The van der Waals surface area contributed by atoms with Crippen molar-refractivity contribution in [2.45, 2.75) is 80.6 Å². The summed E-state index contributed by atoms with van der Waals surface area (Å²) < 4.78 is 37.5. The maximum Gasteiger partial charge on any atom is 0.336 e. The predicted molar refractivity (Wildman–Crippen MR) is 313 cm³/mol. The summed E-state index contributed by atoms with van der Waals surface area (Å²) in [7, 11) is 0. The first-order chi connectivity index (χ1) is 39.5. The first kappa shape index (κ1) is 57.3. The lowest BCUT2D eigenvalue weighted by molar-refractivity contribution is 0.0186. The van der Waals surface area contributed by atoms with E-state index in [4.69, 9.17) is 40.2 Å². The summed E-state index contributed by atoms with van der Waals surface area (Å²) in [6.45, 7) is 22.8. The van der Waals surface area contributed by atoms with Crippen LogP contribution in [0, 0.1) is 41.5 Å². The molecule has 0 spiro atoms. The van der Waals surface area contributed by atoms with Crippen LogP contribution in [0.2, 0.25) is 0 Å². The molecule has 6 aromatic heterocycles. The van der Waals surface area contributed by atoms with Crippen LogP contribution in [0.5, 0.6) is 23.0 Å². The van der Waals surface area contributed by atoms with E-state index in [0.717, 1.165) is 127 Å². The van der Waals surface area contributed by atoms with Crippen LogP contribution < -0.4 is 40.2 Å². The number of nitrogens with zero attached hydrogens (tertiary/aromatic N) is 4. The number of benzene rings is 2. The number of hydrogen-bond donors (Lipinski definition) is 5. The highest BCUT2D eigenvalue weighted by Gasteiger charge is 2.28. The SMILES string of the molecule is Cc1c(C(=O)O)cc2cc(-c3ccc4c(c3)OCO4)cn2c1C(C)N1CCOCC1.Cc1cc(C)c(CNC(=O)c2cc3cc(-c4ccc5c(c4)OCO5)cn3c(C(C)N3CCOCC3)c2C)c(=O)[nH]1.Cc1cc(C)c(CNCl)c(=O)[nH]1. The fourth-order valence-corrected chi connectivity index (χ4v) is 11.6. The van der Waals surface area contributed by atoms with Gasteiger partial charge in [0.1, 0.15) is 0 Å². The number of aromatic amines is 2. The number of aromatic carboxylic acids is 1. The third-order valence-corrected chi connectivity index (χ3v) is 16.0. The second-order valence-corrected chi connectivity index (χ2v) is 21.4. The van der Waals surface area contributed by atoms with Gasteiger partial charge in [-0.05, 0) is 161 Å². The van der Waals surface area contributed by atoms with E-state index in [0.29, 0.717) is 55.2 Å². The van der Waals surface area contributed by atoms with Crippen molar-refractivity contribution >= 4 is 34.7 Å². The van der Waals surface area contributed by atoms with Crippen LogP contribution in [0.25, 0.3) is 33.3 Å². The van der Waals surface area contributed by atoms with Gasteiger partial charge in [0.25, 0.3) is 17.0 Å². The Morgan fingerprint density at radius 3 is 1.44 bits per heavy atom. The van der Waals surface area contributed by atoms with Crippen LogP contribution in [0.4, 0.5) is 0 Å². The number of carbonyl (C=O) groups is 2. The number of carboxylic acid groups (broad SMARTS) is 1. The first-order valence-corrected chi connectivity index (χ1v) is 27.8. The van der Waals surface area contributed by atoms with Gasteiger partial charge in [0, 0.05) is 125 Å². The van der Waals surface area contributed by atoms with Gasteiger partial charge in [-0.15, -0.1) is 0 Å². The van der Waals surface area contributed by atoms with Crippen LogP contribution in [-0.2, 0) is 22.6 Å². The number of carboxylic acids is 1. The average molecular weight is 1140 g/mol. The zero-order chi connectivity index (χ0) is 57.9. The summed E-state index contributed by atoms with van der Waals surface area (Å²) in [5, 5.41) is 12.8. The molecular weight excluding hydrogens is 1070 g/mol. The lowest BCUT2D eigenvalue weighted by Gasteiger charge is -2.34. The molecular formula is C62H69ClN8O11. The lowest BCUT2D eigenvalue weighted by Crippen LogP contribution is -2.39. The highest BCUT2D eigenvalue weighted by molar-refractivity contribution is 6.13. The molecule has 82 heavy (non-hydrogen) atoms. The van der Waals surface area contributed by atoms with Gasteiger partial charge in [0.2, 0.25) is 13.6 Å². The summed E-state index contributed by atoms with van der Waals surface area (Å²) in [4.78, 5) is 62.1. The molecule has 430 valence electrons. The number of aromatic nitrogens is 4. The zero-order valence-electron chi connectivity index (χ0n) is 47.4. The molecule has 4 aliphatic rings. The van der Waals surface area contributed by atoms with Crippen molar-refractivity contribution in [2.75, 3.05) is 66.2 Å². The Kier molecular flexibility index (Phi) is 17.2. The molecule has 0 saturated carbocycles. The molecule has 5 N–H and O–H groups in total. The number of rotatable bonds is 12. The summed E-state index contributed by atoms with van der Waals surface area (Å²) in [6, 6.07) is 23.6. The van der Waals surface area contributed by atoms with Crippen LogP contribution in [0.15, 0.2) is 94.8 Å². The highest BCUT2D eigenvalue weighted by Crippen LogP contribution is 2.40. The van der Waals surface area contributed by atoms with Crippen molar-refractivity contribution < 1.29 is 43.1 Å². The minimum atomic E-state index is -0.906. The number of morpholine rings is 2. The molecule has 19 nitrogen and oxygen atoms in total. The summed E-state index contributed by atoms with van der Waals surface area (Å²) >= 11 is 5.32. The number of H-pyrrole nitrogens is 2. The van der Waals surface area contributed by atoms with Gasteiger partial charge < -0.3 is 57.6 Å². The number of hydrogen-bond acceptors (Lipinski definition) is 13. The van der Waals surface area contributed by atoms with Gasteiger partial charge >= 0.3 is 5.97 Å². The van der Waals surface area contributed by atoms with E-state index in [1.807, 2.05) is 102 Å². The van der Waals surface area contributed by atoms with Crippen molar-refractivity contribution in [2.24, 2.45) is 0 Å². The van der Waals surface area contributed by atoms with Crippen LogP contribution in [0.3, 0.4) is 0 Å². The van der Waals surface area contributed by atoms with E-state index in [9.17, 15) is 24.3 Å². The number of halogens is 1. The Hall–Kier alpha value is -7.91. The number of nitrogens with one attached hydrogen (secondary N) is 4. The molecule has 2 atom stereocenters. The number of ether oxygens (including phenoxy) is 6. The van der Waals surface area contributed by atoms with E-state index >= 15 is 0 Å². The molecule has 2 unspecified atom stereocenters. The van der Waals surface area contributed by atoms with Gasteiger partial charge in [0.05, 0.1) is 32.0 Å². The van der Waals surface area contributed by atoms with E-state index in [-0.39, 0.29) is 49.2 Å². The third kappa shape index (κ3) is 12.0. The normalized spacial score (nSPS) is 15.6. The van der Waals surface area contributed by atoms with Crippen molar-refractivity contribution in [3.63, 3.8) is 0 Å². The van der Waals surface area contributed by atoms with Gasteiger partial charge in [-0.2, -0.15) is 0 Å². The molecule has 2 fully saturated rings. The van der Waals surface area contributed by atoms with Crippen molar-refractivity contribution in [1.82, 2.24) is 38.7 Å². The Balaban J connectivity index is 0.000000157. The maximum absolute atomic E-state index is 13.6. The first-order valence-electron chi connectivity index (χ1n) is 27.5. The maximum atomic E-state index is 13.6. The standard InChI is InChI=1S/C31H34N4O5.C23H24N2O5.C8H11ClN2O/c1-18-11-19(2)33-31(37)26(18)15-32-30(36)25-14-24-12-23(22-5-6-27-28(13-22)40-17-39-27)16-35(24)29(20(25)3)21(4)34-7-9-38-10-8-34;1-14-19(23(26)27)11-18-9-17(16-3-4-20-21(10-16)30-13-29-20)12-25(18)22(14)15(2)24-5-7-28-8-6-24;1-5-3-6(2)11-8(12)7(5)4-10-9/h5-6,11-14,16,21H,7-10,15,17H2,1-4H3,(H,32,36)(H,33,37);3-4,9-12,15H,5-8,13H2,1-2H3,(H,26,27);3,10H,4H2,1-2H3,(H,11,12). The molecule has 0 aliphatic carbocycles. The number of fused-ring (bicyclic) bond motifs is 4. The topological polar surface area (TPSA) is 215 Å². The Morgan fingerprint density at radius 1 is 0.573 bits per heavy atom. The minimum absolute atomic E-state index is 0.0540. The van der Waals surface area contributed by atoms with E-state index in [1.165, 1.54) is 0 Å². The molecule has 2 saturated heterocycles. The van der Waals surface area contributed by atoms with Crippen LogP contribution in [0.1, 0.15) is 103 Å². The van der Waals surface area contributed by atoms with Gasteiger partial charge in [-0.3, -0.25) is 24.2 Å². The zero-order valence-corrected chi connectivity index (χ0v) is 48.2. The van der Waals surface area contributed by atoms with Crippen molar-refractivity contribution in [3.8, 4) is 45.3 Å². The number of pyridine rings is 4. The van der Waals surface area contributed by atoms with Gasteiger partial charge in [-0.1, -0.05) is 12.1 Å². The van der Waals surface area contributed by atoms with E-state index in [2.05, 4.69) is 71.0 Å². The lowest BCUT2D eigenvalue weighted by atomic mass is 10.0. The molecule has 4 aliphatic heterocycles. The van der Waals surface area contributed by atoms with E-state index < -0.39 is 5.97 Å². The number of carbonyl (C=O) groups excluding carboxylic acids is 1. The molecule has 1 amide bonds. The quantitative estimate of drug-likeness (QED) is 0.0722. The summed E-state index contributed by atoms with van der Waals surface area (Å²) in [5.74, 6) is 1.83. The Labute approximate surface area is 479 Å². The fourth-order valence-electron chi connectivity index (χ4n) is 11.5. The second kappa shape index (κ2) is 24.7. The Bertz CT molecular complexity index is 3830. The monoisotopic (exact) mass is 1140 g/mol. The molecule has 2 aromatic carbocycles. The molecule has 10 heterocycles. The fraction of sp³-hybridized carbons (Fsp3) is 0.355. The van der Waals surface area contributed by atoms with Crippen LogP contribution >= 0.6 is 11.8 Å². The molecule has 0 radical (unpaired) electrons. The molecule has 0 bridgehead atoms. The highest BCUT2D eigenvalue weighted by atomic mass is 35.5. The average Bonchev–Trinajstić information content (AvgIpc) is 3.65. The van der Waals surface area contributed by atoms with Gasteiger partial charge in [-0.25, -0.2) is 9.63 Å². The minimum Gasteiger partial charge on any atom is -0.478 e. The summed E-state index contributed by atoms with van der Waals surface area (Å²) in [6.07, 6.45) is 4.21. The van der Waals surface area contributed by atoms with Crippen LogP contribution in [-0.4, -0.2) is 112 Å². The third-order valence-electron chi connectivity index (χ3n) is 15.9. The number of amides is 1. The summed E-state index contributed by atoms with van der Waals surface area (Å²) in [5.41, 5.74) is 15.0. The molecule has 12 rings (SSSR count). The predicted octanol–water partition coefficient (Wildman–Crippen LogP) is 9.24. The Morgan fingerprint density at radius 2 is 1.00 bits per heavy atom. The molecule has 8 aromatic rings.